The number of nitrogens with one attached hydrogen (secondary N) is 1. The van der Waals surface area contributed by atoms with Gasteiger partial charge < -0.3 is 19.3 Å². The zero-order valence-corrected chi connectivity index (χ0v) is 20.8. The molecule has 33 heavy (non-hydrogen) atoms. The summed E-state index contributed by atoms with van der Waals surface area (Å²) in [7, 11) is 0. The van der Waals surface area contributed by atoms with Gasteiger partial charge in [0.25, 0.3) is 5.97 Å². The van der Waals surface area contributed by atoms with Crippen LogP contribution in [0.15, 0.2) is 66.7 Å². The molecule has 0 amide bonds. The summed E-state index contributed by atoms with van der Waals surface area (Å²) >= 11 is 0. The Morgan fingerprint density at radius 1 is 1.30 bits per heavy atom. The highest BCUT2D eigenvalue weighted by Crippen LogP contribution is 2.20. The Morgan fingerprint density at radius 2 is 1.97 bits per heavy atom. The number of aryl methyl sites for hydroxylation is 2. The number of hydrogen-bond donors (Lipinski definition) is 2. The Bertz CT molecular complexity index is 848. The predicted molar refractivity (Wildman–Crippen MR) is 135 cm³/mol. The number of carboxylic acids is 1. The molecule has 2 N–H and O–H groups in total. The van der Waals surface area contributed by atoms with Crippen LogP contribution in [0.2, 0.25) is 0 Å². The molecule has 1 rings (SSSR count). The quantitative estimate of drug-likeness (QED) is 0.157. The highest BCUT2D eigenvalue weighted by atomic mass is 16.5. The van der Waals surface area contributed by atoms with Gasteiger partial charge in [-0.2, -0.15) is 0 Å². The first-order valence-corrected chi connectivity index (χ1v) is 11.2. The maximum absolute atomic E-state index is 9.00. The first kappa shape index (κ1) is 29.7. The monoisotopic (exact) mass is 457 g/mol. The molecule has 6 heteroatoms. The van der Waals surface area contributed by atoms with Crippen molar-refractivity contribution in [2.24, 2.45) is 0 Å². The van der Waals surface area contributed by atoms with Gasteiger partial charge in [0.15, 0.2) is 0 Å². The van der Waals surface area contributed by atoms with Gasteiger partial charge in [0.05, 0.1) is 24.5 Å². The number of ether oxygens (including phenoxy) is 3. The summed E-state index contributed by atoms with van der Waals surface area (Å²) in [5, 5.41) is 15.5. The average Bonchev–Trinajstić information content (AvgIpc) is 2.74. The van der Waals surface area contributed by atoms with Gasteiger partial charge in [-0.3, -0.25) is 10.2 Å². The van der Waals surface area contributed by atoms with Gasteiger partial charge >= 0.3 is 0 Å². The van der Waals surface area contributed by atoms with E-state index >= 15 is 0 Å². The summed E-state index contributed by atoms with van der Waals surface area (Å²) in [4.78, 5) is 9.00. The normalized spacial score (nSPS) is 12.4. The average molecular weight is 458 g/mol. The molecule has 0 fully saturated rings. The standard InChI is InChI=1S/C25H35NO3.C2H4O2/c1-7-11-12-13-24(23(9-3)25(26)27-10-4)29-20(6)16-17-28-22-15-14-21(8-2)19(5)18-22;1-2(3)4/h9-15,18,20,26H,4,7-8,16-17H2,1-3,5-6H3;1H3,(H,3,4)/b12-11+,23-9+,24-13+,26-25?;/t20-;/m1./s1. The van der Waals surface area contributed by atoms with E-state index in [0.717, 1.165) is 31.9 Å². The number of carbonyl (C=O) groups is 1. The van der Waals surface area contributed by atoms with E-state index < -0.39 is 5.97 Å². The Balaban J connectivity index is 0.00000235. The SMILES string of the molecule is C=COC(=N)C(=C/C)/C(=C\C=C\CC)O[C@H](C)CCOc1ccc(CC)c(C)c1.CC(=O)O. The van der Waals surface area contributed by atoms with Crippen LogP contribution in [0.4, 0.5) is 0 Å². The van der Waals surface area contributed by atoms with Crippen LogP contribution in [0.3, 0.4) is 0 Å². The molecule has 0 bridgehead atoms. The maximum atomic E-state index is 9.00. The van der Waals surface area contributed by atoms with Crippen LogP contribution < -0.4 is 4.74 Å². The first-order valence-electron chi connectivity index (χ1n) is 11.2. The fourth-order valence-electron chi connectivity index (χ4n) is 2.79. The number of hydrogen-bond acceptors (Lipinski definition) is 5. The molecule has 0 aliphatic carbocycles. The minimum Gasteiger partial charge on any atom is -0.493 e. The lowest BCUT2D eigenvalue weighted by atomic mass is 10.1. The smallest absolute Gasteiger partial charge is 0.300 e. The summed E-state index contributed by atoms with van der Waals surface area (Å²) in [5.74, 6) is 0.650. The van der Waals surface area contributed by atoms with Crippen molar-refractivity contribution in [3.05, 3.63) is 77.8 Å². The lowest BCUT2D eigenvalue weighted by Gasteiger charge is -2.19. The second-order valence-corrected chi connectivity index (χ2v) is 7.21. The predicted octanol–water partition coefficient (Wildman–Crippen LogP) is 6.76. The van der Waals surface area contributed by atoms with E-state index in [2.05, 4.69) is 39.5 Å². The molecule has 1 aromatic rings. The number of benzene rings is 1. The molecular weight excluding hydrogens is 418 g/mol. The molecular formula is C27H39NO5. The van der Waals surface area contributed by atoms with E-state index in [4.69, 9.17) is 29.5 Å². The third kappa shape index (κ3) is 13.0. The highest BCUT2D eigenvalue weighted by molar-refractivity contribution is 5.95. The van der Waals surface area contributed by atoms with Gasteiger partial charge in [-0.05, 0) is 62.9 Å². The summed E-state index contributed by atoms with van der Waals surface area (Å²) in [5.41, 5.74) is 3.18. The molecule has 0 aliphatic rings. The molecule has 0 heterocycles. The third-order valence-corrected chi connectivity index (χ3v) is 4.44. The lowest BCUT2D eigenvalue weighted by Crippen LogP contribution is -2.16. The summed E-state index contributed by atoms with van der Waals surface area (Å²) in [6.07, 6.45) is 11.5. The Labute approximate surface area is 198 Å². The van der Waals surface area contributed by atoms with Crippen molar-refractivity contribution in [2.45, 2.75) is 66.9 Å². The van der Waals surface area contributed by atoms with Crippen LogP contribution in [-0.2, 0) is 20.7 Å². The molecule has 0 aromatic heterocycles. The van der Waals surface area contributed by atoms with E-state index in [-0.39, 0.29) is 12.0 Å². The van der Waals surface area contributed by atoms with Crippen molar-refractivity contribution in [3.63, 3.8) is 0 Å². The number of aliphatic carboxylic acids is 1. The lowest BCUT2D eigenvalue weighted by molar-refractivity contribution is -0.134. The maximum Gasteiger partial charge on any atom is 0.300 e. The number of carboxylic acid groups (broad SMARTS) is 1. The van der Waals surface area contributed by atoms with E-state index in [1.165, 1.54) is 17.4 Å². The van der Waals surface area contributed by atoms with Crippen molar-refractivity contribution in [3.8, 4) is 5.75 Å². The van der Waals surface area contributed by atoms with Crippen molar-refractivity contribution in [1.82, 2.24) is 0 Å². The summed E-state index contributed by atoms with van der Waals surface area (Å²) < 4.78 is 17.2. The summed E-state index contributed by atoms with van der Waals surface area (Å²) in [6.45, 7) is 15.3. The minimum atomic E-state index is -0.833. The minimum absolute atomic E-state index is 0.00795. The first-order chi connectivity index (χ1) is 15.7. The van der Waals surface area contributed by atoms with Gasteiger partial charge in [-0.15, -0.1) is 0 Å². The fourth-order valence-corrected chi connectivity index (χ4v) is 2.79. The van der Waals surface area contributed by atoms with E-state index in [1.54, 1.807) is 6.08 Å². The number of allylic oxidation sites excluding steroid dienone is 4. The Kier molecular flexibility index (Phi) is 15.6. The van der Waals surface area contributed by atoms with Gasteiger partial charge in [0.2, 0.25) is 5.90 Å². The van der Waals surface area contributed by atoms with E-state index in [0.29, 0.717) is 17.9 Å². The van der Waals surface area contributed by atoms with Gasteiger partial charge in [0, 0.05) is 13.3 Å². The largest absolute Gasteiger partial charge is 0.493 e. The van der Waals surface area contributed by atoms with Crippen LogP contribution in [0.25, 0.3) is 0 Å². The van der Waals surface area contributed by atoms with Crippen LogP contribution in [0.1, 0.15) is 58.6 Å². The highest BCUT2D eigenvalue weighted by Gasteiger charge is 2.15. The van der Waals surface area contributed by atoms with Crippen molar-refractivity contribution < 1.29 is 24.1 Å². The van der Waals surface area contributed by atoms with Gasteiger partial charge in [-0.1, -0.05) is 44.7 Å². The van der Waals surface area contributed by atoms with Gasteiger partial charge in [0.1, 0.15) is 11.5 Å². The zero-order chi connectivity index (χ0) is 25.2. The van der Waals surface area contributed by atoms with Gasteiger partial charge in [-0.25, -0.2) is 0 Å². The molecule has 0 aliphatic heterocycles. The number of rotatable bonds is 12. The van der Waals surface area contributed by atoms with Crippen LogP contribution in [-0.4, -0.2) is 29.7 Å². The molecule has 1 atom stereocenters. The topological polar surface area (TPSA) is 88.8 Å². The molecule has 1 aromatic carbocycles. The van der Waals surface area contributed by atoms with Crippen LogP contribution >= 0.6 is 0 Å². The molecule has 6 nitrogen and oxygen atoms in total. The second kappa shape index (κ2) is 17.3. The third-order valence-electron chi connectivity index (χ3n) is 4.44. The molecule has 0 unspecified atom stereocenters. The van der Waals surface area contributed by atoms with Crippen molar-refractivity contribution in [2.75, 3.05) is 6.61 Å². The zero-order valence-electron chi connectivity index (χ0n) is 20.8. The van der Waals surface area contributed by atoms with Crippen molar-refractivity contribution in [1.29, 1.82) is 5.41 Å². The van der Waals surface area contributed by atoms with Crippen LogP contribution in [0, 0.1) is 12.3 Å². The van der Waals surface area contributed by atoms with Crippen LogP contribution in [0.5, 0.6) is 5.75 Å². The van der Waals surface area contributed by atoms with E-state index in [1.807, 2.05) is 38.1 Å². The molecule has 0 saturated heterocycles. The fraction of sp³-hybridized carbons (Fsp3) is 0.407. The second-order valence-electron chi connectivity index (χ2n) is 7.21. The van der Waals surface area contributed by atoms with Crippen molar-refractivity contribution >= 4 is 11.9 Å². The molecule has 182 valence electrons. The molecule has 0 radical (unpaired) electrons. The molecule has 0 saturated carbocycles. The molecule has 0 spiro atoms. The summed E-state index contributed by atoms with van der Waals surface area (Å²) in [6, 6.07) is 6.22. The Morgan fingerprint density at radius 3 is 2.48 bits per heavy atom. The Hall–Kier alpha value is -3.28. The van der Waals surface area contributed by atoms with E-state index in [9.17, 15) is 0 Å².